The molecule has 49 heavy (non-hydrogen) atoms. The summed E-state index contributed by atoms with van der Waals surface area (Å²) < 4.78 is 23.3. The number of esters is 3. The van der Waals surface area contributed by atoms with Gasteiger partial charge in [0.1, 0.15) is 11.9 Å². The third kappa shape index (κ3) is 5.72. The minimum atomic E-state index is -1.15. The molecule has 0 aromatic heterocycles. The largest absolute Gasteiger partial charge is 0.456 e. The van der Waals surface area contributed by atoms with Crippen LogP contribution in [0.1, 0.15) is 127 Å². The predicted molar refractivity (Wildman–Crippen MR) is 182 cm³/mol. The zero-order valence-corrected chi connectivity index (χ0v) is 31.3. The van der Waals surface area contributed by atoms with E-state index in [1.165, 1.54) is 26.3 Å². The van der Waals surface area contributed by atoms with E-state index in [2.05, 4.69) is 47.6 Å². The lowest BCUT2D eigenvalue weighted by molar-refractivity contribution is -0.258. The van der Waals surface area contributed by atoms with Crippen LogP contribution in [0.4, 0.5) is 0 Å². The summed E-state index contributed by atoms with van der Waals surface area (Å²) in [6.07, 6.45) is 6.44. The summed E-state index contributed by atoms with van der Waals surface area (Å²) in [4.78, 5) is 49.7. The summed E-state index contributed by atoms with van der Waals surface area (Å²) in [5, 5.41) is 12.8. The van der Waals surface area contributed by atoms with Crippen LogP contribution in [0.3, 0.4) is 0 Å². The minimum Gasteiger partial charge on any atom is -0.456 e. The number of Topliss-reactive ketones (excluding diaryl/α,β-unsaturated/α-hetero) is 1. The zero-order chi connectivity index (χ0) is 35.9. The summed E-state index contributed by atoms with van der Waals surface area (Å²) in [5.74, 6) is -0.240. The van der Waals surface area contributed by atoms with Crippen molar-refractivity contribution in [3.05, 3.63) is 11.6 Å². The van der Waals surface area contributed by atoms with Crippen LogP contribution in [0.25, 0.3) is 0 Å². The van der Waals surface area contributed by atoms with E-state index in [-0.39, 0.29) is 40.1 Å². The maximum absolute atomic E-state index is 12.9. The molecule has 6 rings (SSSR count). The highest BCUT2D eigenvalue weighted by Gasteiger charge is 2.69. The molecule has 6 aliphatic rings. The molecule has 9 heteroatoms. The molecule has 0 bridgehead atoms. The molecule has 0 aromatic carbocycles. The van der Waals surface area contributed by atoms with E-state index < -0.39 is 53.8 Å². The first-order valence-corrected chi connectivity index (χ1v) is 18.8. The van der Waals surface area contributed by atoms with E-state index >= 15 is 0 Å². The van der Waals surface area contributed by atoms with Crippen molar-refractivity contribution in [2.45, 2.75) is 157 Å². The standard InChI is InChI=1S/C40H60O9/c1-22-26-12-15-39(9)31(37(26,7)14-13-29(22)44)11-10-27-28-20-36(5,6)16-18-40(28,19-17-38(27,39)8)35(45)34-33(49-25(4)43)32(48-24(3)42)30(21-46-34)47-23(2)41/h10,22,26,28,30-35,45H,11-21H2,1-9H3/t22?,26?,28?,30?,31?,32?,33?,34?,35?,37?,38-,39?,40?/m1/s1. The molecule has 274 valence electrons. The highest BCUT2D eigenvalue weighted by atomic mass is 16.6. The number of aliphatic hydroxyl groups is 1. The smallest absolute Gasteiger partial charge is 0.303 e. The lowest BCUT2D eigenvalue weighted by Gasteiger charge is -2.70. The van der Waals surface area contributed by atoms with Crippen LogP contribution in [0.2, 0.25) is 0 Å². The van der Waals surface area contributed by atoms with Crippen molar-refractivity contribution in [3.8, 4) is 0 Å². The highest BCUT2D eigenvalue weighted by molar-refractivity contribution is 5.82. The van der Waals surface area contributed by atoms with Gasteiger partial charge in [-0.05, 0) is 97.2 Å². The van der Waals surface area contributed by atoms with Gasteiger partial charge in [0.15, 0.2) is 18.3 Å². The SMILES string of the molecule is CC(=O)OC1COC(C(O)C23CCC(C)(C)CC2C2=CCC4C5(C)CCC(=O)C(C)C5CCC4(C)[C@]2(C)CC3)C(OC(C)=O)C1OC(C)=O. The summed E-state index contributed by atoms with van der Waals surface area (Å²) in [6.45, 7) is 18.0. The van der Waals surface area contributed by atoms with E-state index in [1.807, 2.05) is 0 Å². The molecule has 12 unspecified atom stereocenters. The van der Waals surface area contributed by atoms with Crippen LogP contribution in [0, 0.1) is 50.7 Å². The van der Waals surface area contributed by atoms with Gasteiger partial charge in [0.2, 0.25) is 0 Å². The van der Waals surface area contributed by atoms with Crippen LogP contribution in [-0.2, 0) is 38.1 Å². The van der Waals surface area contributed by atoms with Crippen molar-refractivity contribution < 1.29 is 43.2 Å². The van der Waals surface area contributed by atoms with Gasteiger partial charge in [-0.3, -0.25) is 19.2 Å². The topological polar surface area (TPSA) is 125 Å². The molecule has 5 aliphatic carbocycles. The molecule has 5 fully saturated rings. The van der Waals surface area contributed by atoms with Gasteiger partial charge in [-0.25, -0.2) is 0 Å². The summed E-state index contributed by atoms with van der Waals surface area (Å²) in [7, 11) is 0. The third-order valence-electron chi connectivity index (χ3n) is 15.4. The first kappa shape index (κ1) is 36.5. The Morgan fingerprint density at radius 2 is 1.51 bits per heavy atom. The maximum atomic E-state index is 12.9. The Labute approximate surface area is 292 Å². The first-order valence-electron chi connectivity index (χ1n) is 18.8. The van der Waals surface area contributed by atoms with Crippen LogP contribution >= 0.6 is 0 Å². The Morgan fingerprint density at radius 1 is 0.878 bits per heavy atom. The van der Waals surface area contributed by atoms with E-state index in [9.17, 15) is 24.3 Å². The number of aliphatic hydroxyl groups excluding tert-OH is 1. The van der Waals surface area contributed by atoms with Crippen molar-refractivity contribution in [2.24, 2.45) is 50.7 Å². The van der Waals surface area contributed by atoms with Gasteiger partial charge in [0.25, 0.3) is 0 Å². The number of ketones is 1. The third-order valence-corrected chi connectivity index (χ3v) is 15.4. The number of rotatable bonds is 5. The number of allylic oxidation sites excluding steroid dienone is 2. The minimum absolute atomic E-state index is 0.0560. The molecule has 13 atom stereocenters. The second kappa shape index (κ2) is 12.5. The summed E-state index contributed by atoms with van der Waals surface area (Å²) >= 11 is 0. The molecule has 1 saturated heterocycles. The molecular formula is C40H60O9. The van der Waals surface area contributed by atoms with Gasteiger partial charge < -0.3 is 24.1 Å². The molecule has 1 N–H and O–H groups in total. The quantitative estimate of drug-likeness (QED) is 0.196. The molecule has 1 aliphatic heterocycles. The number of hydrogen-bond donors (Lipinski definition) is 1. The number of hydrogen-bond acceptors (Lipinski definition) is 9. The Hall–Kier alpha value is -2.26. The van der Waals surface area contributed by atoms with E-state index in [0.29, 0.717) is 24.0 Å². The van der Waals surface area contributed by atoms with Gasteiger partial charge in [-0.1, -0.05) is 53.2 Å². The van der Waals surface area contributed by atoms with Gasteiger partial charge >= 0.3 is 17.9 Å². The van der Waals surface area contributed by atoms with Gasteiger partial charge in [-0.15, -0.1) is 0 Å². The number of ether oxygens (including phenoxy) is 4. The second-order valence-corrected chi connectivity index (χ2v) is 18.3. The van der Waals surface area contributed by atoms with Crippen LogP contribution in [0.15, 0.2) is 11.6 Å². The Bertz CT molecular complexity index is 1400. The fourth-order valence-corrected chi connectivity index (χ4v) is 12.6. The summed E-state index contributed by atoms with van der Waals surface area (Å²) in [6, 6.07) is 0. The van der Waals surface area contributed by atoms with E-state index in [0.717, 1.165) is 57.8 Å². The van der Waals surface area contributed by atoms with Crippen LogP contribution in [-0.4, -0.2) is 65.9 Å². The molecule has 0 spiro atoms. The lowest BCUT2D eigenvalue weighted by Crippen LogP contribution is -2.67. The first-order chi connectivity index (χ1) is 22.8. The lowest BCUT2D eigenvalue weighted by atomic mass is 9.34. The molecule has 0 radical (unpaired) electrons. The fourth-order valence-electron chi connectivity index (χ4n) is 12.6. The predicted octanol–water partition coefficient (Wildman–Crippen LogP) is 6.52. The zero-order valence-electron chi connectivity index (χ0n) is 31.3. The van der Waals surface area contributed by atoms with Crippen molar-refractivity contribution in [2.75, 3.05) is 6.61 Å². The second-order valence-electron chi connectivity index (χ2n) is 18.3. The van der Waals surface area contributed by atoms with Crippen LogP contribution in [0.5, 0.6) is 0 Å². The Balaban J connectivity index is 1.39. The number of carbonyl (C=O) groups is 4. The normalized spacial score (nSPS) is 46.4. The van der Waals surface area contributed by atoms with Gasteiger partial charge in [0.05, 0.1) is 12.7 Å². The maximum Gasteiger partial charge on any atom is 0.303 e. The molecule has 4 saturated carbocycles. The Kier molecular flexibility index (Phi) is 9.28. The Morgan fingerprint density at radius 3 is 2.16 bits per heavy atom. The highest BCUT2D eigenvalue weighted by Crippen LogP contribution is 2.75. The van der Waals surface area contributed by atoms with E-state index in [1.54, 1.807) is 0 Å². The molecule has 9 nitrogen and oxygen atoms in total. The van der Waals surface area contributed by atoms with Crippen molar-refractivity contribution >= 4 is 23.7 Å². The van der Waals surface area contributed by atoms with Crippen molar-refractivity contribution in [3.63, 3.8) is 0 Å². The number of carbonyl (C=O) groups excluding carboxylic acids is 4. The van der Waals surface area contributed by atoms with Crippen LogP contribution < -0.4 is 0 Å². The average Bonchev–Trinajstić information content (AvgIpc) is 3.00. The number of fused-ring (bicyclic) bond motifs is 7. The molecule has 1 heterocycles. The molecular weight excluding hydrogens is 624 g/mol. The van der Waals surface area contributed by atoms with Gasteiger partial charge in [-0.2, -0.15) is 0 Å². The van der Waals surface area contributed by atoms with Crippen molar-refractivity contribution in [1.82, 2.24) is 0 Å². The van der Waals surface area contributed by atoms with Crippen molar-refractivity contribution in [1.29, 1.82) is 0 Å². The molecule has 0 amide bonds. The van der Waals surface area contributed by atoms with E-state index in [4.69, 9.17) is 18.9 Å². The fraction of sp³-hybridized carbons (Fsp3) is 0.850. The molecule has 0 aromatic rings. The summed E-state index contributed by atoms with van der Waals surface area (Å²) in [5.41, 5.74) is 1.08. The average molecular weight is 685 g/mol. The monoisotopic (exact) mass is 684 g/mol. The van der Waals surface area contributed by atoms with Gasteiger partial charge in [0, 0.05) is 38.5 Å².